The number of esters is 1. The molecule has 0 fully saturated rings. The van der Waals surface area contributed by atoms with Crippen molar-refractivity contribution in [1.29, 1.82) is 0 Å². The van der Waals surface area contributed by atoms with Gasteiger partial charge < -0.3 is 15.4 Å². The number of amides is 2. The van der Waals surface area contributed by atoms with Crippen LogP contribution in [0, 0.1) is 5.92 Å². The molecule has 0 saturated heterocycles. The van der Waals surface area contributed by atoms with Crippen LogP contribution in [0.5, 0.6) is 0 Å². The second kappa shape index (κ2) is 12.3. The molecule has 0 aliphatic carbocycles. The maximum atomic E-state index is 13.2. The molecule has 7 heteroatoms. The van der Waals surface area contributed by atoms with Crippen LogP contribution in [0.1, 0.15) is 51.7 Å². The Morgan fingerprint density at radius 2 is 1.78 bits per heavy atom. The zero-order chi connectivity index (χ0) is 26.2. The van der Waals surface area contributed by atoms with Gasteiger partial charge in [0.05, 0.1) is 25.3 Å². The van der Waals surface area contributed by atoms with Crippen molar-refractivity contribution in [3.63, 3.8) is 0 Å². The molecule has 0 aromatic heterocycles. The molecule has 0 radical (unpaired) electrons. The number of aliphatic imine (C=N–C) groups is 1. The first-order valence-electron chi connectivity index (χ1n) is 12.4. The molecule has 7 nitrogen and oxygen atoms in total. The summed E-state index contributed by atoms with van der Waals surface area (Å²) in [6.45, 7) is 8.66. The number of ether oxygens (including phenoxy) is 1. The van der Waals surface area contributed by atoms with Crippen molar-refractivity contribution in [1.82, 2.24) is 4.90 Å². The molecule has 0 unspecified atom stereocenters. The van der Waals surface area contributed by atoms with Crippen molar-refractivity contribution in [2.45, 2.75) is 47.0 Å². The van der Waals surface area contributed by atoms with Crippen LogP contribution < -0.4 is 5.73 Å². The highest BCUT2D eigenvalue weighted by atomic mass is 16.5. The van der Waals surface area contributed by atoms with Crippen molar-refractivity contribution >= 4 is 35.3 Å². The van der Waals surface area contributed by atoms with Gasteiger partial charge in [-0.3, -0.25) is 19.4 Å². The number of carbonyl (C=O) groups excluding carboxylic acids is 3. The van der Waals surface area contributed by atoms with Gasteiger partial charge >= 0.3 is 5.97 Å². The van der Waals surface area contributed by atoms with E-state index in [2.05, 4.69) is 0 Å². The summed E-state index contributed by atoms with van der Waals surface area (Å²) < 4.78 is 5.27. The van der Waals surface area contributed by atoms with Crippen LogP contribution in [0.2, 0.25) is 0 Å². The van der Waals surface area contributed by atoms with Crippen molar-refractivity contribution in [2.24, 2.45) is 16.6 Å². The van der Waals surface area contributed by atoms with E-state index in [4.69, 9.17) is 15.5 Å². The van der Waals surface area contributed by atoms with E-state index in [1.54, 1.807) is 0 Å². The molecule has 0 bridgehead atoms. The van der Waals surface area contributed by atoms with Gasteiger partial charge in [-0.25, -0.2) is 0 Å². The fraction of sp³-hybridized carbons (Fsp3) is 0.379. The molecule has 0 spiro atoms. The van der Waals surface area contributed by atoms with Gasteiger partial charge in [-0.05, 0) is 48.1 Å². The van der Waals surface area contributed by atoms with Crippen LogP contribution in [0.3, 0.4) is 0 Å². The first kappa shape index (κ1) is 26.9. The van der Waals surface area contributed by atoms with E-state index in [0.717, 1.165) is 40.1 Å². The van der Waals surface area contributed by atoms with Crippen LogP contribution in [-0.2, 0) is 25.5 Å². The number of hydrogen-bond donors (Lipinski definition) is 1. The Labute approximate surface area is 213 Å². The number of fused-ring (bicyclic) bond motifs is 1. The van der Waals surface area contributed by atoms with Crippen LogP contribution in [0.15, 0.2) is 53.0 Å². The average Bonchev–Trinajstić information content (AvgIpc) is 2.99. The lowest BCUT2D eigenvalue weighted by atomic mass is 9.99. The Bertz CT molecular complexity index is 1180. The number of nitrogens with two attached hydrogens (primary N) is 1. The monoisotopic (exact) mass is 489 g/mol. The predicted molar refractivity (Wildman–Crippen MR) is 143 cm³/mol. The van der Waals surface area contributed by atoms with E-state index in [1.807, 2.05) is 76.2 Å². The lowest BCUT2D eigenvalue weighted by molar-refractivity contribution is -0.143. The summed E-state index contributed by atoms with van der Waals surface area (Å²) in [6, 6.07) is 13.8. The van der Waals surface area contributed by atoms with Crippen LogP contribution in [0.25, 0.3) is 17.2 Å². The van der Waals surface area contributed by atoms with E-state index < -0.39 is 5.91 Å². The van der Waals surface area contributed by atoms with Gasteiger partial charge in [0.15, 0.2) is 0 Å². The van der Waals surface area contributed by atoms with Gasteiger partial charge in [-0.15, -0.1) is 0 Å². The molecule has 0 saturated carbocycles. The van der Waals surface area contributed by atoms with Gasteiger partial charge in [-0.2, -0.15) is 0 Å². The van der Waals surface area contributed by atoms with E-state index in [1.165, 1.54) is 4.90 Å². The SMILES string of the molecule is CCCN(CC(N)=O)C(=O)C1=Cc2ccc(-c3ccc(CC(=O)OCC(C)C)cc3)cc2N=C(C)C1. The number of nitrogens with zero attached hydrogens (tertiary/aromatic N) is 2. The molecule has 1 aliphatic heterocycles. The first-order valence-corrected chi connectivity index (χ1v) is 12.4. The molecule has 2 amide bonds. The quantitative estimate of drug-likeness (QED) is 0.489. The third-order valence-corrected chi connectivity index (χ3v) is 5.73. The highest BCUT2D eigenvalue weighted by Gasteiger charge is 2.22. The van der Waals surface area contributed by atoms with Gasteiger partial charge in [-0.1, -0.05) is 57.2 Å². The zero-order valence-corrected chi connectivity index (χ0v) is 21.5. The average molecular weight is 490 g/mol. The lowest BCUT2D eigenvalue weighted by Gasteiger charge is -2.21. The summed E-state index contributed by atoms with van der Waals surface area (Å²) in [5.41, 5.74) is 11.3. The van der Waals surface area contributed by atoms with Gasteiger partial charge in [0, 0.05) is 29.8 Å². The molecule has 1 aliphatic rings. The van der Waals surface area contributed by atoms with E-state index >= 15 is 0 Å². The summed E-state index contributed by atoms with van der Waals surface area (Å²) in [6.07, 6.45) is 3.24. The fourth-order valence-electron chi connectivity index (χ4n) is 4.04. The molecule has 2 aromatic carbocycles. The van der Waals surface area contributed by atoms with Crippen LogP contribution >= 0.6 is 0 Å². The second-order valence-electron chi connectivity index (χ2n) is 9.61. The number of primary amides is 1. The Kier molecular flexibility index (Phi) is 9.17. The zero-order valence-electron chi connectivity index (χ0n) is 21.5. The maximum absolute atomic E-state index is 13.2. The van der Waals surface area contributed by atoms with E-state index in [-0.39, 0.29) is 24.8 Å². The largest absolute Gasteiger partial charge is 0.465 e. The Morgan fingerprint density at radius 3 is 2.42 bits per heavy atom. The highest BCUT2D eigenvalue weighted by Crippen LogP contribution is 2.32. The molecule has 3 rings (SSSR count). The third-order valence-electron chi connectivity index (χ3n) is 5.73. The number of hydrogen-bond acceptors (Lipinski definition) is 5. The van der Waals surface area contributed by atoms with Gasteiger partial charge in [0.1, 0.15) is 0 Å². The highest BCUT2D eigenvalue weighted by molar-refractivity contribution is 6.06. The summed E-state index contributed by atoms with van der Waals surface area (Å²) in [4.78, 5) is 42.9. The lowest BCUT2D eigenvalue weighted by Crippen LogP contribution is -2.39. The Hall–Kier alpha value is -3.74. The van der Waals surface area contributed by atoms with E-state index in [0.29, 0.717) is 31.1 Å². The van der Waals surface area contributed by atoms with Crippen LogP contribution in [0.4, 0.5) is 5.69 Å². The maximum Gasteiger partial charge on any atom is 0.310 e. The minimum absolute atomic E-state index is 0.0998. The molecule has 1 heterocycles. The fourth-order valence-corrected chi connectivity index (χ4v) is 4.04. The van der Waals surface area contributed by atoms with Crippen LogP contribution in [-0.4, -0.2) is 48.1 Å². The summed E-state index contributed by atoms with van der Waals surface area (Å²) in [5, 5.41) is 0. The molecular formula is C29H35N3O4. The Morgan fingerprint density at radius 1 is 1.08 bits per heavy atom. The topological polar surface area (TPSA) is 102 Å². The van der Waals surface area contributed by atoms with E-state index in [9.17, 15) is 14.4 Å². The smallest absolute Gasteiger partial charge is 0.310 e. The normalized spacial score (nSPS) is 12.8. The molecule has 190 valence electrons. The number of benzene rings is 2. The van der Waals surface area contributed by atoms with Crippen molar-refractivity contribution in [3.05, 3.63) is 59.2 Å². The number of carbonyl (C=O) groups is 3. The van der Waals surface area contributed by atoms with Crippen molar-refractivity contribution in [2.75, 3.05) is 19.7 Å². The molecule has 2 N–H and O–H groups in total. The summed E-state index contributed by atoms with van der Waals surface area (Å²) in [5.74, 6) is -0.633. The van der Waals surface area contributed by atoms with Crippen molar-refractivity contribution < 1.29 is 19.1 Å². The summed E-state index contributed by atoms with van der Waals surface area (Å²) >= 11 is 0. The van der Waals surface area contributed by atoms with Gasteiger partial charge in [0.2, 0.25) is 5.91 Å². The molecule has 0 atom stereocenters. The van der Waals surface area contributed by atoms with Crippen molar-refractivity contribution in [3.8, 4) is 11.1 Å². The minimum Gasteiger partial charge on any atom is -0.465 e. The second-order valence-corrected chi connectivity index (χ2v) is 9.61. The molecular weight excluding hydrogens is 454 g/mol. The standard InChI is InChI=1S/C29H35N3O4/c1-5-12-32(17-27(30)33)29(35)25-13-20(4)31-26-16-23(10-11-24(26)15-25)22-8-6-21(7-9-22)14-28(34)36-18-19(2)3/h6-11,15-16,19H,5,12-14,17-18H2,1-4H3,(H2,30,33). The molecule has 36 heavy (non-hydrogen) atoms. The predicted octanol–water partition coefficient (Wildman–Crippen LogP) is 4.70. The minimum atomic E-state index is -0.528. The number of rotatable bonds is 10. The molecule has 2 aromatic rings. The first-order chi connectivity index (χ1) is 17.2. The summed E-state index contributed by atoms with van der Waals surface area (Å²) in [7, 11) is 0. The third kappa shape index (κ3) is 7.38. The van der Waals surface area contributed by atoms with Gasteiger partial charge in [0.25, 0.3) is 5.91 Å². The Balaban J connectivity index is 1.81.